The largest absolute Gasteiger partial charge is 0.321 e. The molecule has 1 amide bonds. The van der Waals surface area contributed by atoms with Crippen LogP contribution in [0.25, 0.3) is 5.65 Å². The van der Waals surface area contributed by atoms with Gasteiger partial charge in [-0.1, -0.05) is 6.07 Å². The number of nitrogens with zero attached hydrogens (tertiary/aromatic N) is 4. The number of fused-ring (bicyclic) bond motifs is 1. The highest BCUT2D eigenvalue weighted by molar-refractivity contribution is 6.05. The zero-order valence-corrected chi connectivity index (χ0v) is 13.4. The van der Waals surface area contributed by atoms with E-state index < -0.39 is 10.8 Å². The highest BCUT2D eigenvalue weighted by Crippen LogP contribution is 2.22. The number of nitrogens with one attached hydrogen (secondary N) is 1. The summed E-state index contributed by atoms with van der Waals surface area (Å²) in [5.74, 6) is 0.225. The smallest absolute Gasteiger partial charge is 0.273 e. The second-order valence-electron chi connectivity index (χ2n) is 5.50. The zero-order chi connectivity index (χ0) is 17.4. The molecule has 0 aliphatic carbocycles. The first-order valence-electron chi connectivity index (χ1n) is 7.26. The van der Waals surface area contributed by atoms with Crippen molar-refractivity contribution in [3.05, 3.63) is 63.1 Å². The molecule has 0 saturated heterocycles. The Kier molecular flexibility index (Phi) is 3.72. The Morgan fingerprint density at radius 3 is 2.75 bits per heavy atom. The van der Waals surface area contributed by atoms with Crippen molar-refractivity contribution in [3.8, 4) is 0 Å². The second kappa shape index (κ2) is 5.73. The third-order valence-corrected chi connectivity index (χ3v) is 3.73. The number of rotatable bonds is 3. The maximum atomic E-state index is 12.5. The van der Waals surface area contributed by atoms with Crippen molar-refractivity contribution in [3.63, 3.8) is 0 Å². The molecule has 0 aliphatic heterocycles. The highest BCUT2D eigenvalue weighted by atomic mass is 16.6. The number of hydrogen-bond acceptors (Lipinski definition) is 5. The number of carbonyl (C=O) groups excluding carboxylic acids is 1. The molecule has 1 N–H and O–H groups in total. The lowest BCUT2D eigenvalue weighted by molar-refractivity contribution is -0.385. The molecule has 0 fully saturated rings. The van der Waals surface area contributed by atoms with Crippen molar-refractivity contribution in [2.75, 3.05) is 5.32 Å². The van der Waals surface area contributed by atoms with E-state index >= 15 is 0 Å². The highest BCUT2D eigenvalue weighted by Gasteiger charge is 2.18. The molecule has 3 aromatic rings. The SMILES string of the molecule is Cc1nc2c(C)cc(NC(=O)c3cccc([N+](=O)[O-])c3C)cn2n1. The van der Waals surface area contributed by atoms with Crippen LogP contribution in [0.5, 0.6) is 0 Å². The van der Waals surface area contributed by atoms with Crippen LogP contribution in [0, 0.1) is 30.9 Å². The number of carbonyl (C=O) groups is 1. The van der Waals surface area contributed by atoms with Crippen LogP contribution in [-0.4, -0.2) is 25.4 Å². The van der Waals surface area contributed by atoms with E-state index in [1.54, 1.807) is 36.7 Å². The fourth-order valence-electron chi connectivity index (χ4n) is 2.59. The summed E-state index contributed by atoms with van der Waals surface area (Å²) >= 11 is 0. The predicted octanol–water partition coefficient (Wildman–Crippen LogP) is 2.82. The van der Waals surface area contributed by atoms with Crippen LogP contribution in [-0.2, 0) is 0 Å². The van der Waals surface area contributed by atoms with Crippen molar-refractivity contribution >= 4 is 22.9 Å². The lowest BCUT2D eigenvalue weighted by Gasteiger charge is -2.09. The Hall–Kier alpha value is -3.29. The standard InChI is InChI=1S/C16H15N5O3/c1-9-7-12(8-20-15(9)17-11(3)19-20)18-16(22)13-5-4-6-14(10(13)2)21(23)24/h4-8H,1-3H3,(H,18,22). The van der Waals surface area contributed by atoms with E-state index in [0.717, 1.165) is 11.2 Å². The Labute approximate surface area is 137 Å². The molecule has 0 spiro atoms. The molecule has 8 heteroatoms. The lowest BCUT2D eigenvalue weighted by atomic mass is 10.1. The van der Waals surface area contributed by atoms with Crippen molar-refractivity contribution in [1.82, 2.24) is 14.6 Å². The molecule has 122 valence electrons. The first kappa shape index (κ1) is 15.6. The van der Waals surface area contributed by atoms with Gasteiger partial charge in [-0.2, -0.15) is 5.10 Å². The number of aryl methyl sites for hydroxylation is 2. The third-order valence-electron chi connectivity index (χ3n) is 3.73. The monoisotopic (exact) mass is 325 g/mol. The summed E-state index contributed by atoms with van der Waals surface area (Å²) < 4.78 is 1.60. The molecule has 0 radical (unpaired) electrons. The molecule has 24 heavy (non-hydrogen) atoms. The van der Waals surface area contributed by atoms with E-state index in [0.29, 0.717) is 17.1 Å². The molecule has 0 atom stereocenters. The number of nitro benzene ring substituents is 1. The summed E-state index contributed by atoms with van der Waals surface area (Å²) in [7, 11) is 0. The van der Waals surface area contributed by atoms with Gasteiger partial charge < -0.3 is 5.32 Å². The number of hydrogen-bond donors (Lipinski definition) is 1. The second-order valence-corrected chi connectivity index (χ2v) is 5.50. The molecule has 0 saturated carbocycles. The van der Waals surface area contributed by atoms with Gasteiger partial charge in [0.15, 0.2) is 5.65 Å². The summed E-state index contributed by atoms with van der Waals surface area (Å²) in [6.45, 7) is 5.22. The summed E-state index contributed by atoms with van der Waals surface area (Å²) in [5, 5.41) is 18.0. The Balaban J connectivity index is 1.96. The van der Waals surface area contributed by atoms with Crippen LogP contribution in [0.2, 0.25) is 0 Å². The van der Waals surface area contributed by atoms with Gasteiger partial charge in [-0.25, -0.2) is 9.50 Å². The Morgan fingerprint density at radius 1 is 1.29 bits per heavy atom. The maximum Gasteiger partial charge on any atom is 0.273 e. The van der Waals surface area contributed by atoms with Gasteiger partial charge in [0.1, 0.15) is 5.82 Å². The number of benzene rings is 1. The average molecular weight is 325 g/mol. The molecule has 1 aromatic carbocycles. The van der Waals surface area contributed by atoms with Crippen LogP contribution in [0.15, 0.2) is 30.5 Å². The molecule has 0 bridgehead atoms. The molecular weight excluding hydrogens is 310 g/mol. The van der Waals surface area contributed by atoms with E-state index in [9.17, 15) is 14.9 Å². The number of amides is 1. The van der Waals surface area contributed by atoms with E-state index in [-0.39, 0.29) is 11.3 Å². The van der Waals surface area contributed by atoms with E-state index in [1.165, 1.54) is 12.1 Å². The van der Waals surface area contributed by atoms with Crippen LogP contribution >= 0.6 is 0 Å². The van der Waals surface area contributed by atoms with Gasteiger partial charge in [0.2, 0.25) is 0 Å². The van der Waals surface area contributed by atoms with E-state index in [4.69, 9.17) is 0 Å². The fourth-order valence-corrected chi connectivity index (χ4v) is 2.59. The van der Waals surface area contributed by atoms with Gasteiger partial charge in [-0.05, 0) is 38.5 Å². The molecule has 2 aromatic heterocycles. The van der Waals surface area contributed by atoms with Gasteiger partial charge in [0.25, 0.3) is 11.6 Å². The van der Waals surface area contributed by atoms with Crippen LogP contribution in [0.1, 0.15) is 27.3 Å². The minimum atomic E-state index is -0.499. The molecule has 3 rings (SSSR count). The van der Waals surface area contributed by atoms with Gasteiger partial charge in [0.05, 0.1) is 16.8 Å². The number of anilines is 1. The van der Waals surface area contributed by atoms with Crippen molar-refractivity contribution in [2.24, 2.45) is 0 Å². The van der Waals surface area contributed by atoms with Crippen molar-refractivity contribution in [1.29, 1.82) is 0 Å². The summed E-state index contributed by atoms with van der Waals surface area (Å²) in [5.41, 5.74) is 2.63. The Morgan fingerprint density at radius 2 is 2.04 bits per heavy atom. The number of aromatic nitrogens is 3. The minimum Gasteiger partial charge on any atom is -0.321 e. The van der Waals surface area contributed by atoms with Crippen LogP contribution < -0.4 is 5.32 Å². The van der Waals surface area contributed by atoms with Crippen LogP contribution in [0.4, 0.5) is 11.4 Å². The normalized spacial score (nSPS) is 10.8. The first-order valence-corrected chi connectivity index (χ1v) is 7.26. The summed E-state index contributed by atoms with van der Waals surface area (Å²) in [6.07, 6.45) is 1.66. The quantitative estimate of drug-likeness (QED) is 0.589. The number of nitro groups is 1. The Bertz CT molecular complexity index is 977. The van der Waals surface area contributed by atoms with E-state index in [1.807, 2.05) is 6.92 Å². The van der Waals surface area contributed by atoms with Gasteiger partial charge >= 0.3 is 0 Å². The van der Waals surface area contributed by atoms with Crippen molar-refractivity contribution in [2.45, 2.75) is 20.8 Å². The van der Waals surface area contributed by atoms with Crippen LogP contribution in [0.3, 0.4) is 0 Å². The molecule has 0 unspecified atom stereocenters. The maximum absolute atomic E-state index is 12.5. The predicted molar refractivity (Wildman–Crippen MR) is 88.2 cm³/mol. The molecule has 0 aliphatic rings. The summed E-state index contributed by atoms with van der Waals surface area (Å²) in [6, 6.07) is 6.21. The first-order chi connectivity index (χ1) is 11.4. The minimum absolute atomic E-state index is 0.0822. The van der Waals surface area contributed by atoms with E-state index in [2.05, 4.69) is 15.4 Å². The third kappa shape index (κ3) is 2.69. The number of pyridine rings is 1. The topological polar surface area (TPSA) is 102 Å². The summed E-state index contributed by atoms with van der Waals surface area (Å²) in [4.78, 5) is 27.3. The zero-order valence-electron chi connectivity index (χ0n) is 13.4. The fraction of sp³-hybridized carbons (Fsp3) is 0.188. The lowest BCUT2D eigenvalue weighted by Crippen LogP contribution is -2.14. The van der Waals surface area contributed by atoms with Crippen molar-refractivity contribution < 1.29 is 9.72 Å². The molecule has 8 nitrogen and oxygen atoms in total. The average Bonchev–Trinajstić information content (AvgIpc) is 2.88. The van der Waals surface area contributed by atoms with Gasteiger partial charge in [-0.3, -0.25) is 14.9 Å². The van der Waals surface area contributed by atoms with Gasteiger partial charge in [0, 0.05) is 17.2 Å². The molecule has 2 heterocycles. The van der Waals surface area contributed by atoms with Gasteiger partial charge in [-0.15, -0.1) is 0 Å². The molecular formula is C16H15N5O3.